The van der Waals surface area contributed by atoms with Crippen molar-refractivity contribution in [1.29, 1.82) is 0 Å². The smallest absolute Gasteiger partial charge is 0.231 e. The number of aryl methyl sites for hydroxylation is 1. The Morgan fingerprint density at radius 1 is 1.32 bits per heavy atom. The molecule has 1 aliphatic carbocycles. The van der Waals surface area contributed by atoms with E-state index in [0.717, 1.165) is 27.5 Å². The predicted octanol–water partition coefficient (Wildman–Crippen LogP) is 3.48. The van der Waals surface area contributed by atoms with E-state index in [4.69, 9.17) is 5.73 Å². The largest absolute Gasteiger partial charge is 0.398 e. The number of nitrogen functional groups attached to an aromatic ring is 1. The molecule has 1 fully saturated rings. The summed E-state index contributed by atoms with van der Waals surface area (Å²) < 4.78 is 13.0. The Bertz CT molecular complexity index is 988. The van der Waals surface area contributed by atoms with Gasteiger partial charge < -0.3 is 11.1 Å². The van der Waals surface area contributed by atoms with Crippen molar-refractivity contribution in [3.05, 3.63) is 48.4 Å². The van der Waals surface area contributed by atoms with E-state index in [1.165, 1.54) is 0 Å². The maximum Gasteiger partial charge on any atom is 0.231 e. The van der Waals surface area contributed by atoms with Crippen LogP contribution in [0.25, 0.3) is 21.9 Å². The van der Waals surface area contributed by atoms with E-state index in [9.17, 15) is 9.18 Å². The average molecular weight is 336 g/mol. The molecule has 1 aliphatic rings. The van der Waals surface area contributed by atoms with Gasteiger partial charge in [0.15, 0.2) is 0 Å². The summed E-state index contributed by atoms with van der Waals surface area (Å²) in [7, 11) is 0. The number of anilines is 2. The Hall–Kier alpha value is -3.02. The van der Waals surface area contributed by atoms with Crippen LogP contribution in [0.2, 0.25) is 0 Å². The van der Waals surface area contributed by atoms with Crippen LogP contribution >= 0.6 is 0 Å². The third-order valence-corrected chi connectivity index (χ3v) is 4.50. The van der Waals surface area contributed by atoms with Crippen LogP contribution in [0.3, 0.4) is 0 Å². The molecule has 5 nitrogen and oxygen atoms in total. The number of amides is 1. The number of carbonyl (C=O) groups is 1. The van der Waals surface area contributed by atoms with Crippen molar-refractivity contribution >= 4 is 28.2 Å². The second-order valence-corrected chi connectivity index (χ2v) is 6.39. The highest BCUT2D eigenvalue weighted by Crippen LogP contribution is 2.35. The van der Waals surface area contributed by atoms with E-state index in [0.29, 0.717) is 11.5 Å². The van der Waals surface area contributed by atoms with E-state index >= 15 is 0 Å². The summed E-state index contributed by atoms with van der Waals surface area (Å²) in [6.45, 7) is 1.99. The normalized spacial score (nSPS) is 19.0. The summed E-state index contributed by atoms with van der Waals surface area (Å²) in [6.07, 6.45) is 4.43. The third-order valence-electron chi connectivity index (χ3n) is 4.50. The van der Waals surface area contributed by atoms with Gasteiger partial charge in [-0.15, -0.1) is 0 Å². The third kappa shape index (κ3) is 2.91. The second-order valence-electron chi connectivity index (χ2n) is 6.39. The monoisotopic (exact) mass is 336 g/mol. The van der Waals surface area contributed by atoms with Crippen LogP contribution in [0.1, 0.15) is 12.0 Å². The number of nitrogens with zero attached hydrogens (tertiary/aromatic N) is 2. The van der Waals surface area contributed by atoms with Gasteiger partial charge in [-0.25, -0.2) is 9.37 Å². The minimum atomic E-state index is -1.03. The Balaban J connectivity index is 1.73. The van der Waals surface area contributed by atoms with Crippen molar-refractivity contribution in [1.82, 2.24) is 9.97 Å². The van der Waals surface area contributed by atoms with Gasteiger partial charge >= 0.3 is 0 Å². The van der Waals surface area contributed by atoms with Crippen molar-refractivity contribution in [2.24, 2.45) is 5.92 Å². The number of fused-ring (bicyclic) bond motifs is 1. The van der Waals surface area contributed by atoms with Gasteiger partial charge in [-0.05, 0) is 59.7 Å². The molecular formula is C19H17FN4O. The van der Waals surface area contributed by atoms with Crippen molar-refractivity contribution in [3.63, 3.8) is 0 Å². The van der Waals surface area contributed by atoms with Gasteiger partial charge in [0.05, 0.1) is 5.92 Å². The predicted molar refractivity (Wildman–Crippen MR) is 95.8 cm³/mol. The maximum atomic E-state index is 13.0. The average Bonchev–Trinajstić information content (AvgIpc) is 3.32. The Labute approximate surface area is 144 Å². The molecular weight excluding hydrogens is 319 g/mol. The standard InChI is InChI=1S/C19H17FN4O/c1-10-8-22-3-2-13(10)11-4-12-6-18(23-9-15(12)17(21)5-11)24-19(25)14-7-16(14)20/h2-6,8-9,14,16H,7,21H2,1H3,(H,23,24,25). The van der Waals surface area contributed by atoms with Crippen molar-refractivity contribution in [2.45, 2.75) is 19.5 Å². The molecule has 25 heavy (non-hydrogen) atoms. The van der Waals surface area contributed by atoms with Gasteiger partial charge in [0.2, 0.25) is 5.91 Å². The van der Waals surface area contributed by atoms with Gasteiger partial charge in [0, 0.05) is 29.7 Å². The van der Waals surface area contributed by atoms with E-state index in [2.05, 4.69) is 15.3 Å². The highest BCUT2D eigenvalue weighted by molar-refractivity contribution is 6.00. The van der Waals surface area contributed by atoms with Gasteiger partial charge in [-0.2, -0.15) is 0 Å². The molecule has 2 heterocycles. The molecule has 3 N–H and O–H groups in total. The van der Waals surface area contributed by atoms with Crippen LogP contribution in [-0.4, -0.2) is 22.0 Å². The molecule has 126 valence electrons. The number of pyridine rings is 2. The molecule has 0 aliphatic heterocycles. The number of hydrogen-bond donors (Lipinski definition) is 2. The fourth-order valence-electron chi connectivity index (χ4n) is 2.96. The lowest BCUT2D eigenvalue weighted by Gasteiger charge is -2.11. The highest BCUT2D eigenvalue weighted by atomic mass is 19.1. The summed E-state index contributed by atoms with van der Waals surface area (Å²) in [6, 6.07) is 7.61. The molecule has 1 amide bonds. The zero-order valence-electron chi connectivity index (χ0n) is 13.7. The zero-order chi connectivity index (χ0) is 17.6. The van der Waals surface area contributed by atoms with E-state index in [1.807, 2.05) is 25.1 Å². The zero-order valence-corrected chi connectivity index (χ0v) is 13.7. The van der Waals surface area contributed by atoms with Gasteiger partial charge in [-0.3, -0.25) is 9.78 Å². The molecule has 2 atom stereocenters. The van der Waals surface area contributed by atoms with Gasteiger partial charge in [0.25, 0.3) is 0 Å². The first-order chi connectivity index (χ1) is 12.0. The number of alkyl halides is 1. The van der Waals surface area contributed by atoms with Gasteiger partial charge in [0.1, 0.15) is 12.0 Å². The molecule has 1 saturated carbocycles. The fraction of sp³-hybridized carbons (Fsp3) is 0.211. The fourth-order valence-corrected chi connectivity index (χ4v) is 2.96. The Morgan fingerprint density at radius 2 is 2.12 bits per heavy atom. The van der Waals surface area contributed by atoms with Crippen LogP contribution in [0.4, 0.5) is 15.9 Å². The molecule has 1 aromatic carbocycles. The van der Waals surface area contributed by atoms with Gasteiger partial charge in [-0.1, -0.05) is 0 Å². The van der Waals surface area contributed by atoms with E-state index in [-0.39, 0.29) is 12.3 Å². The lowest BCUT2D eigenvalue weighted by atomic mass is 9.99. The van der Waals surface area contributed by atoms with Crippen LogP contribution < -0.4 is 11.1 Å². The number of nitrogens with two attached hydrogens (primary N) is 1. The summed E-state index contributed by atoms with van der Waals surface area (Å²) in [4.78, 5) is 20.2. The number of aromatic nitrogens is 2. The van der Waals surface area contributed by atoms with Crippen molar-refractivity contribution < 1.29 is 9.18 Å². The maximum absolute atomic E-state index is 13.0. The van der Waals surface area contributed by atoms with E-state index < -0.39 is 12.1 Å². The minimum absolute atomic E-state index is 0.290. The number of hydrogen-bond acceptors (Lipinski definition) is 4. The van der Waals surface area contributed by atoms with Crippen molar-refractivity contribution in [3.8, 4) is 11.1 Å². The summed E-state index contributed by atoms with van der Waals surface area (Å²) >= 11 is 0. The summed E-state index contributed by atoms with van der Waals surface area (Å²) in [5.74, 6) is -0.471. The van der Waals surface area contributed by atoms with E-state index in [1.54, 1.807) is 24.7 Å². The quantitative estimate of drug-likeness (QED) is 0.718. The molecule has 3 aromatic rings. The number of halogens is 1. The molecule has 2 aromatic heterocycles. The van der Waals surface area contributed by atoms with Crippen LogP contribution in [-0.2, 0) is 4.79 Å². The molecule has 0 saturated heterocycles. The molecule has 6 heteroatoms. The SMILES string of the molecule is Cc1cnccc1-c1cc(N)c2cnc(NC(=O)C3CC3F)cc2c1. The first-order valence-corrected chi connectivity index (χ1v) is 8.08. The number of nitrogens with one attached hydrogen (secondary N) is 1. The van der Waals surface area contributed by atoms with Crippen LogP contribution in [0.15, 0.2) is 42.9 Å². The lowest BCUT2D eigenvalue weighted by Crippen LogP contribution is -2.15. The Kier molecular flexibility index (Phi) is 3.60. The number of rotatable bonds is 3. The second kappa shape index (κ2) is 5.81. The summed E-state index contributed by atoms with van der Waals surface area (Å²) in [5, 5.41) is 4.35. The van der Waals surface area contributed by atoms with Crippen molar-refractivity contribution in [2.75, 3.05) is 11.1 Å². The lowest BCUT2D eigenvalue weighted by molar-refractivity contribution is -0.117. The number of carbonyl (C=O) groups excluding carboxylic acids is 1. The Morgan fingerprint density at radius 3 is 2.84 bits per heavy atom. The summed E-state index contributed by atoms with van der Waals surface area (Å²) in [5.41, 5.74) is 9.86. The molecule has 0 spiro atoms. The van der Waals surface area contributed by atoms with Crippen LogP contribution in [0, 0.1) is 12.8 Å². The first kappa shape index (κ1) is 15.5. The molecule has 0 radical (unpaired) electrons. The topological polar surface area (TPSA) is 80.9 Å². The molecule has 4 rings (SSSR count). The van der Waals surface area contributed by atoms with Crippen LogP contribution in [0.5, 0.6) is 0 Å². The molecule has 0 bridgehead atoms. The number of benzene rings is 1. The molecule has 2 unspecified atom stereocenters. The first-order valence-electron chi connectivity index (χ1n) is 8.08. The minimum Gasteiger partial charge on any atom is -0.398 e. The highest BCUT2D eigenvalue weighted by Gasteiger charge is 2.43.